The molecule has 286 valence electrons. The fourth-order valence-electron chi connectivity index (χ4n) is 3.55. The molecule has 0 spiro atoms. The molecule has 20 nitrogen and oxygen atoms in total. The summed E-state index contributed by atoms with van der Waals surface area (Å²) in [5.74, 6) is -8.45. The molecule has 0 aromatic heterocycles. The van der Waals surface area contributed by atoms with E-state index >= 15 is 0 Å². The normalized spacial score (nSPS) is 12.9. The van der Waals surface area contributed by atoms with E-state index in [1.807, 2.05) is 0 Å². The molecule has 0 bridgehead atoms. The molecule has 0 saturated heterocycles. The monoisotopic (exact) mass is 820 g/mol. The number of nitrogens with zero attached hydrogens (tertiary/aromatic N) is 6. The number of carbonyl (C=O) groups excluding carboxylic acids is 2. The molecule has 2 amide bonds. The fourth-order valence-corrected chi connectivity index (χ4v) is 5.41. The Labute approximate surface area is 273 Å². The fraction of sp³-hybridized carbons (Fsp3) is 0.222. The molecule has 0 unspecified atom stereocenters. The molecule has 0 atom stereocenters. The van der Waals surface area contributed by atoms with E-state index in [1.54, 1.807) is 0 Å². The van der Waals surface area contributed by atoms with E-state index in [9.17, 15) is 120 Å². The highest BCUT2D eigenvalue weighted by atomic mass is 32.2. The zero-order valence-electron chi connectivity index (χ0n) is 23.1. The summed E-state index contributed by atoms with van der Waals surface area (Å²) in [6, 6.07) is -4.19. The second-order valence-electron chi connectivity index (χ2n) is 8.79. The first-order valence-corrected chi connectivity index (χ1v) is 14.3. The van der Waals surface area contributed by atoms with E-state index in [1.165, 1.54) is 0 Å². The molecule has 0 heterocycles. The first kappa shape index (κ1) is 42.2. The summed E-state index contributed by atoms with van der Waals surface area (Å²) in [7, 11) is -16.4. The van der Waals surface area contributed by atoms with Crippen LogP contribution in [0.15, 0.2) is 24.3 Å². The second kappa shape index (κ2) is 13.0. The average molecular weight is 820 g/mol. The maximum Gasteiger partial charge on any atom is 0.517 e. The molecular formula is C18H4F12N6O14S2. The van der Waals surface area contributed by atoms with E-state index in [4.69, 9.17) is 0 Å². The number of halogens is 12. The second-order valence-corrected chi connectivity index (χ2v) is 12.3. The molecule has 0 aliphatic heterocycles. The van der Waals surface area contributed by atoms with Crippen molar-refractivity contribution < 1.29 is 98.8 Å². The van der Waals surface area contributed by atoms with Crippen molar-refractivity contribution in [3.63, 3.8) is 0 Å². The van der Waals surface area contributed by atoms with Gasteiger partial charge in [0, 0.05) is 24.3 Å². The lowest BCUT2D eigenvalue weighted by molar-refractivity contribution is -0.393. The quantitative estimate of drug-likeness (QED) is 0.154. The lowest BCUT2D eigenvalue weighted by Crippen LogP contribution is -2.55. The summed E-state index contributed by atoms with van der Waals surface area (Å²) in [6.45, 7) is 0. The van der Waals surface area contributed by atoms with Crippen molar-refractivity contribution in [2.75, 3.05) is 8.61 Å². The maximum atomic E-state index is 13.8. The Balaban J connectivity index is 3.40. The van der Waals surface area contributed by atoms with E-state index in [2.05, 4.69) is 0 Å². The average Bonchev–Trinajstić information content (AvgIpc) is 2.94. The zero-order chi connectivity index (χ0) is 41.1. The Hall–Kier alpha value is -5.96. The lowest BCUT2D eigenvalue weighted by atomic mass is 10.1. The molecular weight excluding hydrogens is 816 g/mol. The molecule has 34 heteroatoms. The highest BCUT2D eigenvalue weighted by Gasteiger charge is 2.62. The van der Waals surface area contributed by atoms with Crippen LogP contribution in [0.2, 0.25) is 0 Å². The van der Waals surface area contributed by atoms with Crippen LogP contribution in [-0.4, -0.2) is 59.4 Å². The van der Waals surface area contributed by atoms with Crippen LogP contribution in [0, 0.1) is 40.5 Å². The van der Waals surface area contributed by atoms with Gasteiger partial charge < -0.3 is 0 Å². The van der Waals surface area contributed by atoms with E-state index < -0.39 is 153 Å². The molecule has 0 aliphatic carbocycles. The molecule has 2 rings (SSSR count). The zero-order valence-corrected chi connectivity index (χ0v) is 24.7. The number of nitro benzene ring substituents is 4. The van der Waals surface area contributed by atoms with E-state index in [-0.39, 0.29) is 0 Å². The van der Waals surface area contributed by atoms with Crippen LogP contribution in [0.5, 0.6) is 0 Å². The first-order chi connectivity index (χ1) is 23.0. The third-order valence-electron chi connectivity index (χ3n) is 5.60. The molecule has 2 aromatic carbocycles. The predicted octanol–water partition coefficient (Wildman–Crippen LogP) is 4.42. The van der Waals surface area contributed by atoms with Crippen LogP contribution >= 0.6 is 0 Å². The van der Waals surface area contributed by atoms with Crippen LogP contribution in [-0.2, 0) is 42.0 Å². The highest BCUT2D eigenvalue weighted by Crippen LogP contribution is 2.49. The van der Waals surface area contributed by atoms with Crippen molar-refractivity contribution in [1.82, 2.24) is 0 Å². The van der Waals surface area contributed by atoms with Gasteiger partial charge in [-0.25, -0.2) is 0 Å². The number of anilines is 2. The van der Waals surface area contributed by atoms with Crippen LogP contribution in [0.1, 0.15) is 11.1 Å². The summed E-state index contributed by atoms with van der Waals surface area (Å²) in [6.07, 6.45) is -11.9. The number of hydrogen-bond acceptors (Lipinski definition) is 14. The van der Waals surface area contributed by atoms with Crippen LogP contribution in [0.4, 0.5) is 86.8 Å². The third-order valence-corrected chi connectivity index (χ3v) is 8.43. The summed E-state index contributed by atoms with van der Waals surface area (Å²) in [5, 5.41) is 46.3. The molecule has 0 aliphatic rings. The van der Waals surface area contributed by atoms with Gasteiger partial charge in [0.25, 0.3) is 0 Å². The molecule has 52 heavy (non-hydrogen) atoms. The van der Waals surface area contributed by atoms with Gasteiger partial charge in [0.15, 0.2) is 0 Å². The summed E-state index contributed by atoms with van der Waals surface area (Å²) in [5.41, 5.74) is -37.9. The SMILES string of the molecule is O=C(C(=O)N(c1c([N+](=O)[O-])cc(C(F)(F)F)cc1[N+](=O)[O-])S(=O)(=O)C(F)(F)F)N(c1c([N+](=O)[O-])cc(C(F)(F)F)cc1[N+](=O)[O-])S(=O)(=O)C(F)(F)F. The topological polar surface area (TPSA) is 281 Å². The predicted molar refractivity (Wildman–Crippen MR) is 134 cm³/mol. The van der Waals surface area contributed by atoms with Crippen molar-refractivity contribution in [2.45, 2.75) is 23.4 Å². The largest absolute Gasteiger partial charge is 0.517 e. The first-order valence-electron chi connectivity index (χ1n) is 11.4. The number of rotatable bonds is 8. The molecule has 0 N–H and O–H groups in total. The number of nitro groups is 4. The van der Waals surface area contributed by atoms with Gasteiger partial charge in [0.05, 0.1) is 30.8 Å². The Morgan fingerprint density at radius 3 is 0.808 bits per heavy atom. The minimum absolute atomic E-state index is 1.05. The van der Waals surface area contributed by atoms with Crippen molar-refractivity contribution in [3.05, 3.63) is 75.8 Å². The van der Waals surface area contributed by atoms with Crippen LogP contribution < -0.4 is 8.61 Å². The van der Waals surface area contributed by atoms with E-state index in [0.29, 0.717) is 0 Å². The maximum absolute atomic E-state index is 13.8. The van der Waals surface area contributed by atoms with Gasteiger partial charge in [-0.1, -0.05) is 0 Å². The molecule has 0 radical (unpaired) electrons. The summed E-state index contributed by atoms with van der Waals surface area (Å²) < 4.78 is 207. The minimum atomic E-state index is -8.22. The van der Waals surface area contributed by atoms with Gasteiger partial charge in [-0.15, -0.1) is 0 Å². The summed E-state index contributed by atoms with van der Waals surface area (Å²) in [4.78, 5) is 63.0. The van der Waals surface area contributed by atoms with Crippen LogP contribution in [0.25, 0.3) is 0 Å². The Morgan fingerprint density at radius 2 is 0.673 bits per heavy atom. The van der Waals surface area contributed by atoms with Crippen LogP contribution in [0.3, 0.4) is 0 Å². The molecule has 0 fully saturated rings. The lowest BCUT2D eigenvalue weighted by Gasteiger charge is -2.27. The minimum Gasteiger partial charge on any atom is -0.262 e. The molecule has 2 aromatic rings. The molecule has 0 saturated carbocycles. The smallest absolute Gasteiger partial charge is 0.262 e. The highest BCUT2D eigenvalue weighted by molar-refractivity contribution is 7.95. The Bertz CT molecular complexity index is 1930. The number of alkyl halides is 12. The number of hydrogen-bond donors (Lipinski definition) is 0. The van der Waals surface area contributed by atoms with Crippen molar-refractivity contribution in [1.29, 1.82) is 0 Å². The van der Waals surface area contributed by atoms with Crippen molar-refractivity contribution >= 4 is 66.0 Å². The third kappa shape index (κ3) is 7.54. The number of carbonyl (C=O) groups is 2. The van der Waals surface area contributed by atoms with Crippen molar-refractivity contribution in [3.8, 4) is 0 Å². The van der Waals surface area contributed by atoms with Gasteiger partial charge in [-0.3, -0.25) is 50.0 Å². The van der Waals surface area contributed by atoms with E-state index in [0.717, 1.165) is 0 Å². The van der Waals surface area contributed by atoms with Crippen molar-refractivity contribution in [2.24, 2.45) is 0 Å². The number of benzene rings is 2. The Morgan fingerprint density at radius 1 is 0.481 bits per heavy atom. The Kier molecular flexibility index (Phi) is 10.5. The van der Waals surface area contributed by atoms with Gasteiger partial charge in [0.1, 0.15) is 0 Å². The number of amides is 2. The standard InChI is InChI=1S/C18H4F12N6O14S2/c19-15(20,21)5-1-7(33(39)40)11(8(2-5)34(41)42)31(51(47,48)17(25,26)27)13(37)14(38)32(52(49,50)18(28,29)30)12-9(35(43)44)3-6(16(22,23)24)4-10(12)36(45)46/h1-4H. The summed E-state index contributed by atoms with van der Waals surface area (Å²) >= 11 is 0. The van der Waals surface area contributed by atoms with Gasteiger partial charge in [0.2, 0.25) is 11.4 Å². The number of sulfonamides is 2. The van der Waals surface area contributed by atoms with Gasteiger partial charge in [-0.05, 0) is 0 Å². The van der Waals surface area contributed by atoms with Gasteiger partial charge >= 0.3 is 78.0 Å². The van der Waals surface area contributed by atoms with Gasteiger partial charge in [-0.2, -0.15) is 78.1 Å².